The fourth-order valence-electron chi connectivity index (χ4n) is 1.16. The van der Waals surface area contributed by atoms with Gasteiger partial charge in [-0.15, -0.1) is 0 Å². The van der Waals surface area contributed by atoms with E-state index in [4.69, 9.17) is 14.3 Å². The SMILES string of the molecule is COC(C)(C)CNCc1ccc(CO)o1. The first-order chi connectivity index (χ1) is 7.07. The maximum absolute atomic E-state index is 8.81. The summed E-state index contributed by atoms with van der Waals surface area (Å²) in [6, 6.07) is 3.64. The van der Waals surface area contributed by atoms with Crippen LogP contribution >= 0.6 is 0 Å². The Balaban J connectivity index is 2.31. The number of rotatable bonds is 6. The van der Waals surface area contributed by atoms with Crippen LogP contribution in [0.2, 0.25) is 0 Å². The molecule has 0 aliphatic carbocycles. The van der Waals surface area contributed by atoms with Gasteiger partial charge in [0, 0.05) is 13.7 Å². The zero-order chi connectivity index (χ0) is 11.3. The van der Waals surface area contributed by atoms with Crippen molar-refractivity contribution < 1.29 is 14.3 Å². The fourth-order valence-corrected chi connectivity index (χ4v) is 1.16. The molecule has 2 N–H and O–H groups in total. The molecule has 0 saturated heterocycles. The molecule has 0 aromatic carbocycles. The Kier molecular flexibility index (Phi) is 4.32. The summed E-state index contributed by atoms with van der Waals surface area (Å²) < 4.78 is 10.6. The van der Waals surface area contributed by atoms with E-state index in [1.165, 1.54) is 0 Å². The van der Waals surface area contributed by atoms with Crippen molar-refractivity contribution >= 4 is 0 Å². The molecule has 0 aliphatic heterocycles. The molecule has 1 aromatic rings. The normalized spacial score (nSPS) is 12.0. The van der Waals surface area contributed by atoms with Crippen LogP contribution in [0.3, 0.4) is 0 Å². The quantitative estimate of drug-likeness (QED) is 0.747. The number of furan rings is 1. The van der Waals surface area contributed by atoms with Crippen LogP contribution in [0.4, 0.5) is 0 Å². The highest BCUT2D eigenvalue weighted by Gasteiger charge is 2.15. The summed E-state index contributed by atoms with van der Waals surface area (Å²) in [6.07, 6.45) is 0. The van der Waals surface area contributed by atoms with E-state index >= 15 is 0 Å². The average Bonchev–Trinajstić information content (AvgIpc) is 2.66. The Bertz CT molecular complexity index is 294. The lowest BCUT2D eigenvalue weighted by atomic mass is 10.1. The molecule has 15 heavy (non-hydrogen) atoms. The Morgan fingerprint density at radius 3 is 2.60 bits per heavy atom. The number of aliphatic hydroxyl groups is 1. The minimum atomic E-state index is -0.174. The van der Waals surface area contributed by atoms with Gasteiger partial charge in [0.2, 0.25) is 0 Å². The molecule has 0 aliphatic rings. The zero-order valence-corrected chi connectivity index (χ0v) is 9.54. The summed E-state index contributed by atoms with van der Waals surface area (Å²) in [6.45, 7) is 5.37. The topological polar surface area (TPSA) is 54.6 Å². The van der Waals surface area contributed by atoms with Crippen LogP contribution in [0.15, 0.2) is 16.5 Å². The Morgan fingerprint density at radius 1 is 1.40 bits per heavy atom. The van der Waals surface area contributed by atoms with E-state index < -0.39 is 0 Å². The van der Waals surface area contributed by atoms with Crippen molar-refractivity contribution in [2.24, 2.45) is 0 Å². The van der Waals surface area contributed by atoms with Gasteiger partial charge >= 0.3 is 0 Å². The number of hydrogen-bond acceptors (Lipinski definition) is 4. The van der Waals surface area contributed by atoms with E-state index in [0.29, 0.717) is 12.3 Å². The van der Waals surface area contributed by atoms with Crippen molar-refractivity contribution in [3.63, 3.8) is 0 Å². The van der Waals surface area contributed by atoms with E-state index in [9.17, 15) is 0 Å². The molecular weight excluding hydrogens is 194 g/mol. The molecule has 86 valence electrons. The van der Waals surface area contributed by atoms with E-state index in [0.717, 1.165) is 12.3 Å². The van der Waals surface area contributed by atoms with Gasteiger partial charge in [-0.1, -0.05) is 0 Å². The number of aliphatic hydroxyl groups excluding tert-OH is 1. The molecule has 0 amide bonds. The summed E-state index contributed by atoms with van der Waals surface area (Å²) >= 11 is 0. The molecule has 0 spiro atoms. The summed E-state index contributed by atoms with van der Waals surface area (Å²) in [5.41, 5.74) is -0.174. The second kappa shape index (κ2) is 5.30. The van der Waals surface area contributed by atoms with Crippen molar-refractivity contribution in [1.82, 2.24) is 5.32 Å². The predicted molar refractivity (Wildman–Crippen MR) is 57.4 cm³/mol. The minimum Gasteiger partial charge on any atom is -0.462 e. The maximum atomic E-state index is 8.81. The average molecular weight is 213 g/mol. The lowest BCUT2D eigenvalue weighted by Crippen LogP contribution is -2.36. The van der Waals surface area contributed by atoms with Crippen LogP contribution in [0.1, 0.15) is 25.4 Å². The highest BCUT2D eigenvalue weighted by Crippen LogP contribution is 2.09. The summed E-state index contributed by atoms with van der Waals surface area (Å²) in [5.74, 6) is 1.42. The number of hydrogen-bond donors (Lipinski definition) is 2. The van der Waals surface area contributed by atoms with Gasteiger partial charge in [0.25, 0.3) is 0 Å². The first-order valence-electron chi connectivity index (χ1n) is 5.02. The van der Waals surface area contributed by atoms with Gasteiger partial charge in [-0.3, -0.25) is 0 Å². The first-order valence-corrected chi connectivity index (χ1v) is 5.02. The molecule has 0 unspecified atom stereocenters. The van der Waals surface area contributed by atoms with Gasteiger partial charge in [0.1, 0.15) is 18.1 Å². The van der Waals surface area contributed by atoms with Crippen LogP contribution in [0, 0.1) is 0 Å². The molecule has 0 radical (unpaired) electrons. The van der Waals surface area contributed by atoms with Crippen molar-refractivity contribution in [3.05, 3.63) is 23.7 Å². The molecular formula is C11H19NO3. The van der Waals surface area contributed by atoms with Crippen LogP contribution in [0.25, 0.3) is 0 Å². The number of methoxy groups -OCH3 is 1. The lowest BCUT2D eigenvalue weighted by molar-refractivity contribution is 0.0227. The lowest BCUT2D eigenvalue weighted by Gasteiger charge is -2.22. The third kappa shape index (κ3) is 4.03. The standard InChI is InChI=1S/C11H19NO3/c1-11(2,14-3)8-12-6-9-4-5-10(7-13)15-9/h4-5,12-13H,6-8H2,1-3H3. The Hall–Kier alpha value is -0.840. The van der Waals surface area contributed by atoms with Gasteiger partial charge in [-0.25, -0.2) is 0 Å². The number of nitrogens with one attached hydrogen (secondary N) is 1. The Morgan fingerprint density at radius 2 is 2.07 bits per heavy atom. The molecule has 1 rings (SSSR count). The molecule has 0 fully saturated rings. The largest absolute Gasteiger partial charge is 0.462 e. The third-order valence-electron chi connectivity index (χ3n) is 2.28. The summed E-state index contributed by atoms with van der Waals surface area (Å²) in [7, 11) is 1.69. The van der Waals surface area contributed by atoms with Gasteiger partial charge < -0.3 is 19.6 Å². The van der Waals surface area contributed by atoms with Crippen LogP contribution in [-0.2, 0) is 17.9 Å². The van der Waals surface area contributed by atoms with E-state index in [1.54, 1.807) is 13.2 Å². The summed E-state index contributed by atoms with van der Waals surface area (Å²) in [4.78, 5) is 0. The minimum absolute atomic E-state index is 0.0520. The van der Waals surface area contributed by atoms with Crippen LogP contribution in [-0.4, -0.2) is 24.4 Å². The van der Waals surface area contributed by atoms with Crippen molar-refractivity contribution in [1.29, 1.82) is 0 Å². The van der Waals surface area contributed by atoms with Crippen molar-refractivity contribution in [2.75, 3.05) is 13.7 Å². The first kappa shape index (κ1) is 12.2. The van der Waals surface area contributed by atoms with Gasteiger partial charge in [0.15, 0.2) is 0 Å². The van der Waals surface area contributed by atoms with E-state index in [2.05, 4.69) is 5.32 Å². The predicted octanol–water partition coefficient (Wildman–Crippen LogP) is 1.29. The molecule has 0 saturated carbocycles. The van der Waals surface area contributed by atoms with Gasteiger partial charge in [-0.2, -0.15) is 0 Å². The van der Waals surface area contributed by atoms with Crippen molar-refractivity contribution in [2.45, 2.75) is 32.6 Å². The van der Waals surface area contributed by atoms with Crippen LogP contribution < -0.4 is 5.32 Å². The summed E-state index contributed by atoms with van der Waals surface area (Å²) in [5, 5.41) is 12.0. The second-order valence-corrected chi connectivity index (χ2v) is 4.09. The molecule has 4 heteroatoms. The highest BCUT2D eigenvalue weighted by molar-refractivity contribution is 5.06. The Labute approximate surface area is 90.2 Å². The highest BCUT2D eigenvalue weighted by atomic mass is 16.5. The monoisotopic (exact) mass is 213 g/mol. The number of ether oxygens (including phenoxy) is 1. The van der Waals surface area contributed by atoms with Crippen molar-refractivity contribution in [3.8, 4) is 0 Å². The molecule has 4 nitrogen and oxygen atoms in total. The molecule has 0 bridgehead atoms. The van der Waals surface area contributed by atoms with Gasteiger partial charge in [-0.05, 0) is 26.0 Å². The third-order valence-corrected chi connectivity index (χ3v) is 2.28. The second-order valence-electron chi connectivity index (χ2n) is 4.09. The molecule has 0 atom stereocenters. The molecule has 1 heterocycles. The smallest absolute Gasteiger partial charge is 0.129 e. The maximum Gasteiger partial charge on any atom is 0.129 e. The van der Waals surface area contributed by atoms with Crippen LogP contribution in [0.5, 0.6) is 0 Å². The van der Waals surface area contributed by atoms with Gasteiger partial charge in [0.05, 0.1) is 12.1 Å². The molecule has 1 aromatic heterocycles. The fraction of sp³-hybridized carbons (Fsp3) is 0.636. The van der Waals surface area contributed by atoms with E-state index in [-0.39, 0.29) is 12.2 Å². The van der Waals surface area contributed by atoms with E-state index in [1.807, 2.05) is 19.9 Å². The zero-order valence-electron chi connectivity index (χ0n) is 9.54.